The number of nitrogens with one attached hydrogen (secondary N) is 1. The summed E-state index contributed by atoms with van der Waals surface area (Å²) in [6.07, 6.45) is 0. The Hall–Kier alpha value is -1.49. The van der Waals surface area contributed by atoms with Crippen LogP contribution in [0.25, 0.3) is 5.69 Å². The van der Waals surface area contributed by atoms with Crippen LogP contribution in [-0.4, -0.2) is 10.5 Å². The molecular formula is C13H13Cl2N3O. The molecule has 4 nitrogen and oxygen atoms in total. The van der Waals surface area contributed by atoms with E-state index in [1.165, 1.54) is 0 Å². The first-order valence-corrected chi connectivity index (χ1v) is 6.36. The number of hydrogen-bond donors (Lipinski definition) is 2. The van der Waals surface area contributed by atoms with Gasteiger partial charge in [-0.3, -0.25) is 10.2 Å². The van der Waals surface area contributed by atoms with Gasteiger partial charge in [-0.1, -0.05) is 23.2 Å². The molecule has 0 bridgehead atoms. The van der Waals surface area contributed by atoms with Crippen molar-refractivity contribution in [2.45, 2.75) is 13.8 Å². The van der Waals surface area contributed by atoms with Crippen LogP contribution in [0.3, 0.4) is 0 Å². The van der Waals surface area contributed by atoms with E-state index in [0.717, 1.165) is 17.1 Å². The third-order valence-corrected chi connectivity index (χ3v) is 3.35. The van der Waals surface area contributed by atoms with Crippen molar-refractivity contribution in [3.05, 3.63) is 51.3 Å². The minimum atomic E-state index is -0.326. The lowest BCUT2D eigenvalue weighted by Crippen LogP contribution is -2.30. The number of halogens is 2. The fourth-order valence-corrected chi connectivity index (χ4v) is 2.65. The van der Waals surface area contributed by atoms with Crippen LogP contribution in [0.5, 0.6) is 0 Å². The predicted octanol–water partition coefficient (Wildman–Crippen LogP) is 3.00. The molecule has 6 heteroatoms. The summed E-state index contributed by atoms with van der Waals surface area (Å²) in [5.74, 6) is 4.84. The number of carbonyl (C=O) groups is 1. The van der Waals surface area contributed by atoms with E-state index in [9.17, 15) is 4.79 Å². The highest BCUT2D eigenvalue weighted by Crippen LogP contribution is 2.26. The van der Waals surface area contributed by atoms with E-state index in [1.54, 1.807) is 24.3 Å². The highest BCUT2D eigenvalue weighted by atomic mass is 35.5. The van der Waals surface area contributed by atoms with Gasteiger partial charge in [0.05, 0.1) is 5.56 Å². The van der Waals surface area contributed by atoms with Gasteiger partial charge in [0.25, 0.3) is 5.91 Å². The molecule has 0 spiro atoms. The molecule has 100 valence electrons. The van der Waals surface area contributed by atoms with E-state index in [1.807, 2.05) is 18.4 Å². The fraction of sp³-hybridized carbons (Fsp3) is 0.154. The van der Waals surface area contributed by atoms with E-state index in [-0.39, 0.29) is 5.91 Å². The van der Waals surface area contributed by atoms with Crippen LogP contribution in [-0.2, 0) is 0 Å². The first-order valence-electron chi connectivity index (χ1n) is 5.60. The van der Waals surface area contributed by atoms with Crippen LogP contribution in [0.4, 0.5) is 0 Å². The lowest BCUT2D eigenvalue weighted by atomic mass is 10.2. The van der Waals surface area contributed by atoms with Crippen molar-refractivity contribution in [1.29, 1.82) is 0 Å². The summed E-state index contributed by atoms with van der Waals surface area (Å²) < 4.78 is 1.91. The number of nitrogen functional groups attached to an aromatic ring is 1. The fourth-order valence-electron chi connectivity index (χ4n) is 2.14. The van der Waals surface area contributed by atoms with Crippen LogP contribution in [0.2, 0.25) is 10.0 Å². The molecule has 0 unspecified atom stereocenters. The number of aromatic nitrogens is 1. The molecule has 0 atom stereocenters. The summed E-state index contributed by atoms with van der Waals surface area (Å²) in [7, 11) is 0. The van der Waals surface area contributed by atoms with E-state index in [0.29, 0.717) is 15.6 Å². The second-order valence-corrected chi connectivity index (χ2v) is 5.09. The van der Waals surface area contributed by atoms with Gasteiger partial charge in [0.15, 0.2) is 0 Å². The summed E-state index contributed by atoms with van der Waals surface area (Å²) in [6, 6.07) is 7.01. The third-order valence-electron chi connectivity index (χ3n) is 2.91. The zero-order valence-corrected chi connectivity index (χ0v) is 12.0. The Morgan fingerprint density at radius 3 is 2.26 bits per heavy atom. The standard InChI is InChI=1S/C13H13Cl2N3O/c1-7-3-12(13(19)17-16)8(2)18(7)11-5-9(14)4-10(15)6-11/h3-6H,16H2,1-2H3,(H,17,19). The molecule has 1 heterocycles. The number of nitrogens with zero attached hydrogens (tertiary/aromatic N) is 1. The molecule has 0 saturated carbocycles. The van der Waals surface area contributed by atoms with Gasteiger partial charge in [-0.25, -0.2) is 5.84 Å². The zero-order valence-electron chi connectivity index (χ0n) is 10.5. The van der Waals surface area contributed by atoms with Crippen LogP contribution in [0.15, 0.2) is 24.3 Å². The molecular weight excluding hydrogens is 285 g/mol. The molecule has 0 saturated heterocycles. The summed E-state index contributed by atoms with van der Waals surface area (Å²) in [5.41, 5.74) is 5.14. The number of carbonyl (C=O) groups excluding carboxylic acids is 1. The smallest absolute Gasteiger partial charge is 0.267 e. The maximum absolute atomic E-state index is 11.7. The number of hydrogen-bond acceptors (Lipinski definition) is 2. The first-order chi connectivity index (χ1) is 8.93. The largest absolute Gasteiger partial charge is 0.318 e. The van der Waals surface area contributed by atoms with Gasteiger partial charge >= 0.3 is 0 Å². The van der Waals surface area contributed by atoms with Gasteiger partial charge in [0, 0.05) is 27.1 Å². The molecule has 3 N–H and O–H groups in total. The van der Waals surface area contributed by atoms with Gasteiger partial charge in [-0.05, 0) is 38.1 Å². The van der Waals surface area contributed by atoms with Crippen molar-refractivity contribution in [1.82, 2.24) is 9.99 Å². The Balaban J connectivity index is 2.62. The third kappa shape index (κ3) is 2.61. The molecule has 0 fully saturated rings. The average Bonchev–Trinajstić information content (AvgIpc) is 2.62. The van der Waals surface area contributed by atoms with Crippen LogP contribution >= 0.6 is 23.2 Å². The van der Waals surface area contributed by atoms with Crippen molar-refractivity contribution in [2.24, 2.45) is 5.84 Å². The van der Waals surface area contributed by atoms with Crippen molar-refractivity contribution in [3.8, 4) is 5.69 Å². The predicted molar refractivity (Wildman–Crippen MR) is 76.9 cm³/mol. The second kappa shape index (κ2) is 5.25. The maximum Gasteiger partial charge on any atom is 0.267 e. The van der Waals surface area contributed by atoms with Crippen molar-refractivity contribution < 1.29 is 4.79 Å². The minimum Gasteiger partial charge on any atom is -0.318 e. The lowest BCUT2D eigenvalue weighted by Gasteiger charge is -2.11. The number of nitrogens with two attached hydrogens (primary N) is 1. The summed E-state index contributed by atoms with van der Waals surface area (Å²) in [4.78, 5) is 11.7. The van der Waals surface area contributed by atoms with Gasteiger partial charge in [0.2, 0.25) is 0 Å². The molecule has 0 aliphatic rings. The average molecular weight is 298 g/mol. The Kier molecular flexibility index (Phi) is 3.85. The highest BCUT2D eigenvalue weighted by molar-refractivity contribution is 6.34. The van der Waals surface area contributed by atoms with Crippen molar-refractivity contribution in [3.63, 3.8) is 0 Å². The quantitative estimate of drug-likeness (QED) is 0.508. The monoisotopic (exact) mass is 297 g/mol. The molecule has 1 aromatic heterocycles. The molecule has 1 amide bonds. The number of hydrazine groups is 1. The van der Waals surface area contributed by atoms with Gasteiger partial charge in [-0.15, -0.1) is 0 Å². The zero-order chi connectivity index (χ0) is 14.2. The van der Waals surface area contributed by atoms with Crippen LogP contribution in [0, 0.1) is 13.8 Å². The molecule has 19 heavy (non-hydrogen) atoms. The van der Waals surface area contributed by atoms with E-state index < -0.39 is 0 Å². The van der Waals surface area contributed by atoms with E-state index >= 15 is 0 Å². The molecule has 0 radical (unpaired) electrons. The SMILES string of the molecule is Cc1cc(C(=O)NN)c(C)n1-c1cc(Cl)cc(Cl)c1. The number of rotatable bonds is 2. The van der Waals surface area contributed by atoms with Crippen molar-refractivity contribution in [2.75, 3.05) is 0 Å². The summed E-state index contributed by atoms with van der Waals surface area (Å²) >= 11 is 12.0. The molecule has 0 aliphatic heterocycles. The maximum atomic E-state index is 11.7. The number of benzene rings is 1. The lowest BCUT2D eigenvalue weighted by molar-refractivity contribution is 0.0953. The normalized spacial score (nSPS) is 10.6. The Labute approximate surface area is 121 Å². The Morgan fingerprint density at radius 1 is 1.16 bits per heavy atom. The highest BCUT2D eigenvalue weighted by Gasteiger charge is 2.16. The van der Waals surface area contributed by atoms with Crippen LogP contribution < -0.4 is 11.3 Å². The molecule has 2 rings (SSSR count). The number of aryl methyl sites for hydroxylation is 1. The van der Waals surface area contributed by atoms with Gasteiger partial charge in [0.1, 0.15) is 0 Å². The Bertz CT molecular complexity index is 629. The second-order valence-electron chi connectivity index (χ2n) is 4.22. The number of amides is 1. The molecule has 1 aromatic carbocycles. The molecule has 2 aromatic rings. The topological polar surface area (TPSA) is 60.1 Å². The van der Waals surface area contributed by atoms with E-state index in [4.69, 9.17) is 29.0 Å². The minimum absolute atomic E-state index is 0.326. The van der Waals surface area contributed by atoms with Crippen molar-refractivity contribution >= 4 is 29.1 Å². The van der Waals surface area contributed by atoms with Gasteiger partial charge in [-0.2, -0.15) is 0 Å². The summed E-state index contributed by atoms with van der Waals surface area (Å²) in [6.45, 7) is 3.74. The van der Waals surface area contributed by atoms with Gasteiger partial charge < -0.3 is 4.57 Å². The summed E-state index contributed by atoms with van der Waals surface area (Å²) in [5, 5.41) is 1.08. The molecule has 0 aliphatic carbocycles. The van der Waals surface area contributed by atoms with Crippen LogP contribution in [0.1, 0.15) is 21.7 Å². The first kappa shape index (κ1) is 13.9. The Morgan fingerprint density at radius 2 is 1.74 bits per heavy atom. The van der Waals surface area contributed by atoms with E-state index in [2.05, 4.69) is 5.43 Å².